The molecule has 3 rings (SSSR count). The third kappa shape index (κ3) is 2.30. The van der Waals surface area contributed by atoms with Crippen LogP contribution in [0.4, 0.5) is 0 Å². The molecule has 1 unspecified atom stereocenters. The molecule has 1 saturated carbocycles. The van der Waals surface area contributed by atoms with Crippen LogP contribution < -0.4 is 0 Å². The number of amides is 1. The first-order chi connectivity index (χ1) is 9.94. The summed E-state index contributed by atoms with van der Waals surface area (Å²) < 4.78 is 0. The van der Waals surface area contributed by atoms with Crippen LogP contribution in [0.2, 0.25) is 0 Å². The van der Waals surface area contributed by atoms with Crippen molar-refractivity contribution in [2.24, 2.45) is 11.3 Å². The van der Waals surface area contributed by atoms with Gasteiger partial charge in [-0.1, -0.05) is 13.8 Å². The maximum atomic E-state index is 12.4. The van der Waals surface area contributed by atoms with E-state index in [2.05, 4.69) is 15.2 Å². The minimum atomic E-state index is -0.856. The molecule has 1 atom stereocenters. The number of H-pyrrole nitrogens is 1. The third-order valence-electron chi connectivity index (χ3n) is 4.78. The predicted octanol–water partition coefficient (Wildman–Crippen LogP) is 1.25. The lowest BCUT2D eigenvalue weighted by molar-refractivity contribution is -0.150. The van der Waals surface area contributed by atoms with Crippen LogP contribution in [-0.4, -0.2) is 50.2 Å². The van der Waals surface area contributed by atoms with E-state index in [0.717, 1.165) is 18.7 Å². The summed E-state index contributed by atoms with van der Waals surface area (Å²) in [4.78, 5) is 29.8. The molecule has 1 aliphatic heterocycles. The Morgan fingerprint density at radius 2 is 2.14 bits per heavy atom. The summed E-state index contributed by atoms with van der Waals surface area (Å²) in [5.41, 5.74) is -0.856. The topological polar surface area (TPSA) is 99.2 Å². The molecule has 2 fully saturated rings. The number of hydrogen-bond acceptors (Lipinski definition) is 4. The number of nitrogens with one attached hydrogen (secondary N) is 1. The smallest absolute Gasteiger partial charge is 0.311 e. The normalized spacial score (nSPS) is 25.6. The summed E-state index contributed by atoms with van der Waals surface area (Å²) in [6.45, 7) is 4.45. The van der Waals surface area contributed by atoms with Gasteiger partial charge in [-0.05, 0) is 25.2 Å². The lowest BCUT2D eigenvalue weighted by Crippen LogP contribution is -2.40. The molecule has 0 aromatic carbocycles. The predicted molar refractivity (Wildman–Crippen MR) is 73.8 cm³/mol. The van der Waals surface area contributed by atoms with Crippen LogP contribution in [-0.2, 0) is 4.79 Å². The summed E-state index contributed by atoms with van der Waals surface area (Å²) in [7, 11) is 0. The van der Waals surface area contributed by atoms with Gasteiger partial charge in [0.05, 0.1) is 5.41 Å². The van der Waals surface area contributed by atoms with Crippen molar-refractivity contribution in [1.82, 2.24) is 20.1 Å². The average molecular weight is 292 g/mol. The molecule has 1 aliphatic carbocycles. The van der Waals surface area contributed by atoms with Gasteiger partial charge in [0.2, 0.25) is 5.82 Å². The van der Waals surface area contributed by atoms with Gasteiger partial charge in [-0.15, -0.1) is 5.10 Å². The number of aliphatic carboxylic acids is 1. The van der Waals surface area contributed by atoms with Gasteiger partial charge in [-0.3, -0.25) is 14.7 Å². The number of nitrogens with zero attached hydrogens (tertiary/aromatic N) is 3. The second kappa shape index (κ2) is 4.82. The number of likely N-dealkylation sites (tertiary alicyclic amines) is 1. The van der Waals surface area contributed by atoms with Crippen LogP contribution in [0, 0.1) is 11.3 Å². The van der Waals surface area contributed by atoms with E-state index in [9.17, 15) is 14.7 Å². The van der Waals surface area contributed by atoms with Crippen LogP contribution in [0.3, 0.4) is 0 Å². The molecular weight excluding hydrogens is 272 g/mol. The molecule has 1 amide bonds. The molecule has 1 aromatic rings. The lowest BCUT2D eigenvalue weighted by atomic mass is 9.76. The molecule has 0 spiro atoms. The molecule has 21 heavy (non-hydrogen) atoms. The maximum Gasteiger partial charge on any atom is 0.311 e. The first kappa shape index (κ1) is 14.0. The highest BCUT2D eigenvalue weighted by Crippen LogP contribution is 2.39. The molecule has 2 aliphatic rings. The number of hydrogen-bond donors (Lipinski definition) is 2. The van der Waals surface area contributed by atoms with Gasteiger partial charge in [-0.25, -0.2) is 4.98 Å². The fourth-order valence-electron chi connectivity index (χ4n) is 2.95. The van der Waals surface area contributed by atoms with E-state index in [4.69, 9.17) is 0 Å². The number of carbonyl (C=O) groups excluding carboxylic acids is 1. The highest BCUT2D eigenvalue weighted by molar-refractivity contribution is 5.91. The van der Waals surface area contributed by atoms with Crippen molar-refractivity contribution >= 4 is 11.9 Å². The van der Waals surface area contributed by atoms with Crippen molar-refractivity contribution in [3.05, 3.63) is 11.6 Å². The van der Waals surface area contributed by atoms with Gasteiger partial charge < -0.3 is 10.0 Å². The molecule has 7 nitrogen and oxygen atoms in total. The van der Waals surface area contributed by atoms with Crippen molar-refractivity contribution < 1.29 is 14.7 Å². The molecular formula is C14H20N4O3. The molecule has 0 radical (unpaired) electrons. The van der Waals surface area contributed by atoms with Crippen LogP contribution in [0.15, 0.2) is 0 Å². The van der Waals surface area contributed by atoms with Gasteiger partial charge in [-0.2, -0.15) is 0 Å². The Labute approximate surface area is 122 Å². The Morgan fingerprint density at radius 3 is 2.67 bits per heavy atom. The van der Waals surface area contributed by atoms with E-state index in [1.54, 1.807) is 4.90 Å². The van der Waals surface area contributed by atoms with Gasteiger partial charge >= 0.3 is 5.97 Å². The molecule has 114 valence electrons. The standard InChI is InChI=1S/C14H20N4O3/c1-8(2)14(13(20)21)5-6-18(7-14)12(19)11-15-10(16-17-11)9-3-4-9/h8-9H,3-7H2,1-2H3,(H,20,21)(H,15,16,17). The largest absolute Gasteiger partial charge is 0.481 e. The second-order valence-corrected chi connectivity index (χ2v) is 6.41. The zero-order valence-corrected chi connectivity index (χ0v) is 12.3. The van der Waals surface area contributed by atoms with Crippen LogP contribution in [0.1, 0.15) is 55.5 Å². The summed E-state index contributed by atoms with van der Waals surface area (Å²) in [6.07, 6.45) is 2.65. The van der Waals surface area contributed by atoms with Crippen molar-refractivity contribution in [3.8, 4) is 0 Å². The minimum absolute atomic E-state index is 0.0260. The van der Waals surface area contributed by atoms with Crippen LogP contribution >= 0.6 is 0 Å². The van der Waals surface area contributed by atoms with Crippen LogP contribution in [0.5, 0.6) is 0 Å². The van der Waals surface area contributed by atoms with E-state index >= 15 is 0 Å². The number of aromatic nitrogens is 3. The number of carboxylic acids is 1. The first-order valence-electron chi connectivity index (χ1n) is 7.39. The Morgan fingerprint density at radius 1 is 1.43 bits per heavy atom. The lowest BCUT2D eigenvalue weighted by Gasteiger charge is -2.28. The zero-order chi connectivity index (χ0) is 15.2. The van der Waals surface area contributed by atoms with E-state index in [1.165, 1.54) is 0 Å². The van der Waals surface area contributed by atoms with E-state index in [1.807, 2.05) is 13.8 Å². The highest BCUT2D eigenvalue weighted by atomic mass is 16.4. The quantitative estimate of drug-likeness (QED) is 0.870. The number of rotatable bonds is 4. The highest BCUT2D eigenvalue weighted by Gasteiger charge is 2.49. The summed E-state index contributed by atoms with van der Waals surface area (Å²) in [5, 5.41) is 16.3. The Hall–Kier alpha value is -1.92. The summed E-state index contributed by atoms with van der Waals surface area (Å²) in [5.74, 6) is 0.199. The maximum absolute atomic E-state index is 12.4. The number of carboxylic acid groups (broad SMARTS) is 1. The monoisotopic (exact) mass is 292 g/mol. The van der Waals surface area contributed by atoms with Crippen LogP contribution in [0.25, 0.3) is 0 Å². The van der Waals surface area contributed by atoms with Crippen molar-refractivity contribution in [2.45, 2.75) is 39.0 Å². The van der Waals surface area contributed by atoms with E-state index < -0.39 is 11.4 Å². The van der Waals surface area contributed by atoms with Gasteiger partial charge in [0, 0.05) is 19.0 Å². The fourth-order valence-corrected chi connectivity index (χ4v) is 2.95. The first-order valence-corrected chi connectivity index (χ1v) is 7.39. The van der Waals surface area contributed by atoms with Gasteiger partial charge in [0.1, 0.15) is 5.82 Å². The molecule has 2 N–H and O–H groups in total. The SMILES string of the molecule is CC(C)C1(C(=O)O)CCN(C(=O)c2n[nH]c(C3CC3)n2)C1. The van der Waals surface area contributed by atoms with Crippen molar-refractivity contribution in [1.29, 1.82) is 0 Å². The third-order valence-corrected chi connectivity index (χ3v) is 4.78. The Kier molecular flexibility index (Phi) is 3.22. The minimum Gasteiger partial charge on any atom is -0.481 e. The summed E-state index contributed by atoms with van der Waals surface area (Å²) >= 11 is 0. The zero-order valence-electron chi connectivity index (χ0n) is 12.3. The molecule has 7 heteroatoms. The van der Waals surface area contributed by atoms with E-state index in [-0.39, 0.29) is 24.2 Å². The van der Waals surface area contributed by atoms with Gasteiger partial charge in [0.25, 0.3) is 5.91 Å². The fraction of sp³-hybridized carbons (Fsp3) is 0.714. The molecule has 1 saturated heterocycles. The molecule has 2 heterocycles. The Bertz CT molecular complexity index is 579. The van der Waals surface area contributed by atoms with E-state index in [0.29, 0.717) is 18.9 Å². The van der Waals surface area contributed by atoms with Gasteiger partial charge in [0.15, 0.2) is 0 Å². The Balaban J connectivity index is 1.75. The number of aromatic amines is 1. The second-order valence-electron chi connectivity index (χ2n) is 6.41. The van der Waals surface area contributed by atoms with Crippen molar-refractivity contribution in [3.63, 3.8) is 0 Å². The summed E-state index contributed by atoms with van der Waals surface area (Å²) in [6, 6.07) is 0. The van der Waals surface area contributed by atoms with Crippen molar-refractivity contribution in [2.75, 3.05) is 13.1 Å². The number of carbonyl (C=O) groups is 2. The molecule has 1 aromatic heterocycles. The average Bonchev–Trinajstić information content (AvgIpc) is 3.02. The molecule has 0 bridgehead atoms.